The van der Waals surface area contributed by atoms with Crippen molar-refractivity contribution < 1.29 is 18.7 Å². The molecule has 2 aromatic carbocycles. The summed E-state index contributed by atoms with van der Waals surface area (Å²) >= 11 is 0. The number of ether oxygens (including phenoxy) is 2. The molecule has 0 saturated carbocycles. The van der Waals surface area contributed by atoms with Crippen molar-refractivity contribution in [1.29, 1.82) is 0 Å². The van der Waals surface area contributed by atoms with Crippen LogP contribution in [0.15, 0.2) is 76.5 Å². The van der Waals surface area contributed by atoms with Gasteiger partial charge in [0.2, 0.25) is 0 Å². The van der Waals surface area contributed by atoms with Crippen LogP contribution >= 0.6 is 0 Å². The molecule has 0 aliphatic rings. The number of benzene rings is 2. The smallest absolute Gasteiger partial charge is 0.344 e. The number of hydrogen-bond acceptors (Lipinski definition) is 5. The van der Waals surface area contributed by atoms with Crippen molar-refractivity contribution in [3.8, 4) is 16.9 Å². The normalized spacial score (nSPS) is 10.7. The molecule has 3 rings (SSSR count). The number of fused-ring (bicyclic) bond motifs is 1. The summed E-state index contributed by atoms with van der Waals surface area (Å²) in [6.07, 6.45) is 7.37. The standard InChI is InChI=1S/C26H28O5/c1-2-25(27)30-17-11-6-4-3-5-10-16-29-22-15-14-21-18-23(20-12-8-7-9-13-20)26(28)31-24(21)19-22/h2,7-9,12-15,18-19H,1,3-6,10-11,16-17H2. The van der Waals surface area contributed by atoms with Crippen LogP contribution in [0.1, 0.15) is 38.5 Å². The van der Waals surface area contributed by atoms with Crippen molar-refractivity contribution >= 4 is 16.9 Å². The average molecular weight is 421 g/mol. The lowest BCUT2D eigenvalue weighted by molar-refractivity contribution is -0.137. The van der Waals surface area contributed by atoms with Gasteiger partial charge in [-0.05, 0) is 36.6 Å². The van der Waals surface area contributed by atoms with Crippen molar-refractivity contribution in [3.63, 3.8) is 0 Å². The van der Waals surface area contributed by atoms with Crippen LogP contribution in [0.4, 0.5) is 0 Å². The quantitative estimate of drug-likeness (QED) is 0.158. The first-order chi connectivity index (χ1) is 15.2. The molecule has 0 atom stereocenters. The van der Waals surface area contributed by atoms with Crippen LogP contribution in [-0.4, -0.2) is 19.2 Å². The van der Waals surface area contributed by atoms with Gasteiger partial charge >= 0.3 is 11.6 Å². The lowest BCUT2D eigenvalue weighted by Gasteiger charge is -2.08. The monoisotopic (exact) mass is 420 g/mol. The Bertz CT molecular complexity index is 1050. The van der Waals surface area contributed by atoms with Crippen LogP contribution in [0, 0.1) is 0 Å². The maximum Gasteiger partial charge on any atom is 0.344 e. The Balaban J connectivity index is 1.41. The summed E-state index contributed by atoms with van der Waals surface area (Å²) in [7, 11) is 0. The van der Waals surface area contributed by atoms with Gasteiger partial charge in [0.05, 0.1) is 18.8 Å². The molecule has 0 spiro atoms. The summed E-state index contributed by atoms with van der Waals surface area (Å²) in [5, 5.41) is 0.865. The molecule has 3 aromatic rings. The number of carbonyl (C=O) groups excluding carboxylic acids is 1. The SMILES string of the molecule is C=CC(=O)OCCCCCCCCOc1ccc2cc(-c3ccccc3)c(=O)oc2c1. The fourth-order valence-electron chi connectivity index (χ4n) is 3.33. The molecule has 0 saturated heterocycles. The van der Waals surface area contributed by atoms with Crippen molar-refractivity contribution in [1.82, 2.24) is 0 Å². The molecule has 0 radical (unpaired) electrons. The maximum absolute atomic E-state index is 12.4. The zero-order chi connectivity index (χ0) is 21.9. The Morgan fingerprint density at radius 2 is 1.61 bits per heavy atom. The van der Waals surface area contributed by atoms with Gasteiger partial charge in [0.15, 0.2) is 0 Å². The van der Waals surface area contributed by atoms with E-state index in [0.29, 0.717) is 30.1 Å². The lowest BCUT2D eigenvalue weighted by Crippen LogP contribution is -2.03. The first kappa shape index (κ1) is 22.3. The molecule has 0 bridgehead atoms. The second-order valence-electron chi connectivity index (χ2n) is 7.35. The van der Waals surface area contributed by atoms with E-state index in [4.69, 9.17) is 13.9 Å². The summed E-state index contributed by atoms with van der Waals surface area (Å²) in [5.41, 5.74) is 1.58. The van der Waals surface area contributed by atoms with Crippen molar-refractivity contribution in [2.24, 2.45) is 0 Å². The van der Waals surface area contributed by atoms with Crippen LogP contribution in [0.25, 0.3) is 22.1 Å². The summed E-state index contributed by atoms with van der Waals surface area (Å²) in [5.74, 6) is 0.342. The molecule has 0 unspecified atom stereocenters. The number of rotatable bonds is 12. The fourth-order valence-corrected chi connectivity index (χ4v) is 3.33. The zero-order valence-electron chi connectivity index (χ0n) is 17.7. The summed E-state index contributed by atoms with van der Waals surface area (Å²) in [6, 6.07) is 17.0. The van der Waals surface area contributed by atoms with Crippen LogP contribution < -0.4 is 10.4 Å². The summed E-state index contributed by atoms with van der Waals surface area (Å²) in [6.45, 7) is 4.44. The van der Waals surface area contributed by atoms with Gasteiger partial charge in [-0.15, -0.1) is 0 Å². The van der Waals surface area contributed by atoms with Crippen molar-refractivity contribution in [2.75, 3.05) is 13.2 Å². The molecule has 0 amide bonds. The van der Waals surface area contributed by atoms with E-state index in [1.807, 2.05) is 48.5 Å². The Morgan fingerprint density at radius 1 is 0.903 bits per heavy atom. The Kier molecular flexibility index (Phi) is 8.47. The second kappa shape index (κ2) is 11.7. The van der Waals surface area contributed by atoms with E-state index in [9.17, 15) is 9.59 Å². The van der Waals surface area contributed by atoms with E-state index in [0.717, 1.165) is 49.5 Å². The van der Waals surface area contributed by atoms with Gasteiger partial charge in [-0.1, -0.05) is 62.6 Å². The Labute approximate surface area is 182 Å². The molecule has 0 aliphatic heterocycles. The summed E-state index contributed by atoms with van der Waals surface area (Å²) < 4.78 is 16.3. The third-order valence-corrected chi connectivity index (χ3v) is 5.01. The molecule has 5 nitrogen and oxygen atoms in total. The van der Waals surface area contributed by atoms with Crippen LogP contribution in [0.2, 0.25) is 0 Å². The minimum Gasteiger partial charge on any atom is -0.493 e. The number of esters is 1. The molecule has 0 aliphatic carbocycles. The Morgan fingerprint density at radius 3 is 2.35 bits per heavy atom. The highest BCUT2D eigenvalue weighted by molar-refractivity contribution is 5.82. The Hall–Kier alpha value is -3.34. The van der Waals surface area contributed by atoms with E-state index >= 15 is 0 Å². The van der Waals surface area contributed by atoms with Crippen molar-refractivity contribution in [2.45, 2.75) is 38.5 Å². The van der Waals surface area contributed by atoms with Crippen LogP contribution in [0.3, 0.4) is 0 Å². The maximum atomic E-state index is 12.4. The predicted molar refractivity (Wildman–Crippen MR) is 122 cm³/mol. The minimum absolute atomic E-state index is 0.352. The van der Waals surface area contributed by atoms with E-state index in [-0.39, 0.29) is 11.6 Å². The molecular formula is C26H28O5. The van der Waals surface area contributed by atoms with E-state index in [1.54, 1.807) is 6.07 Å². The lowest BCUT2D eigenvalue weighted by atomic mass is 10.1. The number of unbranched alkanes of at least 4 members (excludes halogenated alkanes) is 5. The van der Waals surface area contributed by atoms with Crippen LogP contribution in [0.5, 0.6) is 5.75 Å². The number of hydrogen-bond donors (Lipinski definition) is 0. The molecule has 1 aromatic heterocycles. The first-order valence-corrected chi connectivity index (χ1v) is 10.7. The average Bonchev–Trinajstić information content (AvgIpc) is 2.80. The van der Waals surface area contributed by atoms with Gasteiger partial charge in [0, 0.05) is 17.5 Å². The molecule has 162 valence electrons. The number of carbonyl (C=O) groups is 1. The predicted octanol–water partition coefficient (Wildman–Crippen LogP) is 5.91. The van der Waals surface area contributed by atoms with E-state index < -0.39 is 0 Å². The van der Waals surface area contributed by atoms with Crippen molar-refractivity contribution in [3.05, 3.63) is 77.7 Å². The fraction of sp³-hybridized carbons (Fsp3) is 0.308. The van der Waals surface area contributed by atoms with E-state index in [1.165, 1.54) is 6.08 Å². The zero-order valence-corrected chi connectivity index (χ0v) is 17.7. The first-order valence-electron chi connectivity index (χ1n) is 10.7. The van der Waals surface area contributed by atoms with Gasteiger partial charge in [-0.3, -0.25) is 0 Å². The minimum atomic E-state index is -0.359. The molecule has 5 heteroatoms. The van der Waals surface area contributed by atoms with Gasteiger partial charge in [-0.2, -0.15) is 0 Å². The molecule has 0 fully saturated rings. The third kappa shape index (κ3) is 6.85. The molecule has 1 heterocycles. The van der Waals surface area contributed by atoms with E-state index in [2.05, 4.69) is 6.58 Å². The highest BCUT2D eigenvalue weighted by Crippen LogP contribution is 2.24. The highest BCUT2D eigenvalue weighted by atomic mass is 16.5. The molecule has 31 heavy (non-hydrogen) atoms. The van der Waals surface area contributed by atoms with Gasteiger partial charge in [-0.25, -0.2) is 9.59 Å². The summed E-state index contributed by atoms with van der Waals surface area (Å²) in [4.78, 5) is 23.3. The van der Waals surface area contributed by atoms with Gasteiger partial charge in [0.1, 0.15) is 11.3 Å². The third-order valence-electron chi connectivity index (χ3n) is 5.01. The topological polar surface area (TPSA) is 65.7 Å². The molecular weight excluding hydrogens is 392 g/mol. The largest absolute Gasteiger partial charge is 0.493 e. The highest BCUT2D eigenvalue weighted by Gasteiger charge is 2.08. The second-order valence-corrected chi connectivity index (χ2v) is 7.35. The van der Waals surface area contributed by atoms with Gasteiger partial charge in [0.25, 0.3) is 0 Å². The molecule has 0 N–H and O–H groups in total. The van der Waals surface area contributed by atoms with Crippen LogP contribution in [-0.2, 0) is 9.53 Å². The van der Waals surface area contributed by atoms with Gasteiger partial charge < -0.3 is 13.9 Å².